The molecule has 3 aromatic rings. The molecule has 0 bridgehead atoms. The Hall–Kier alpha value is -2.82. The molecule has 0 atom stereocenters. The maximum absolute atomic E-state index is 12.1. The first-order valence-electron chi connectivity index (χ1n) is 6.69. The molecule has 1 amide bonds. The molecule has 0 saturated carbocycles. The maximum Gasteiger partial charge on any atom is 0.244 e. The molecule has 1 heterocycles. The second kappa shape index (κ2) is 5.28. The van der Waals surface area contributed by atoms with Gasteiger partial charge >= 0.3 is 0 Å². The Morgan fingerprint density at radius 3 is 2.90 bits per heavy atom. The second-order valence-electron chi connectivity index (χ2n) is 4.98. The molecule has 0 saturated heterocycles. The lowest BCUT2D eigenvalue weighted by atomic mass is 10.2. The smallest absolute Gasteiger partial charge is 0.244 e. The molecule has 0 unspecified atom stereocenters. The Bertz CT molecular complexity index is 807. The summed E-state index contributed by atoms with van der Waals surface area (Å²) >= 11 is 0. The molecular weight excluding hydrogens is 264 g/mol. The van der Waals surface area contributed by atoms with Crippen LogP contribution < -0.4 is 11.1 Å². The van der Waals surface area contributed by atoms with E-state index in [1.54, 1.807) is 12.4 Å². The number of aryl methyl sites for hydroxylation is 1. The third-order valence-corrected chi connectivity index (χ3v) is 3.40. The van der Waals surface area contributed by atoms with Crippen molar-refractivity contribution in [3.63, 3.8) is 0 Å². The van der Waals surface area contributed by atoms with Crippen molar-refractivity contribution in [2.24, 2.45) is 0 Å². The summed E-state index contributed by atoms with van der Waals surface area (Å²) in [5.41, 5.74) is 10.0. The number of nitrogen functional groups attached to an aromatic ring is 1. The highest BCUT2D eigenvalue weighted by Gasteiger charge is 2.07. The zero-order chi connectivity index (χ0) is 14.8. The molecule has 1 aromatic heterocycles. The minimum absolute atomic E-state index is 0.110. The predicted octanol–water partition coefficient (Wildman–Crippen LogP) is 2.57. The van der Waals surface area contributed by atoms with E-state index in [-0.39, 0.29) is 12.5 Å². The number of hydrogen-bond donors (Lipinski definition) is 2. The van der Waals surface area contributed by atoms with Gasteiger partial charge in [-0.1, -0.05) is 18.2 Å². The maximum atomic E-state index is 12.1. The number of hydrogen-bond acceptors (Lipinski definition) is 3. The van der Waals surface area contributed by atoms with Crippen LogP contribution in [0.25, 0.3) is 11.0 Å². The Labute approximate surface area is 122 Å². The van der Waals surface area contributed by atoms with Gasteiger partial charge in [-0.15, -0.1) is 0 Å². The molecule has 0 radical (unpaired) electrons. The lowest BCUT2D eigenvalue weighted by molar-refractivity contribution is -0.116. The third-order valence-electron chi connectivity index (χ3n) is 3.40. The van der Waals surface area contributed by atoms with Gasteiger partial charge in [0, 0.05) is 11.4 Å². The highest BCUT2D eigenvalue weighted by Crippen LogP contribution is 2.17. The van der Waals surface area contributed by atoms with E-state index in [9.17, 15) is 4.79 Å². The van der Waals surface area contributed by atoms with E-state index in [1.165, 1.54) is 0 Å². The van der Waals surface area contributed by atoms with Gasteiger partial charge in [-0.05, 0) is 36.8 Å². The zero-order valence-electron chi connectivity index (χ0n) is 11.7. The monoisotopic (exact) mass is 280 g/mol. The topological polar surface area (TPSA) is 72.9 Å². The largest absolute Gasteiger partial charge is 0.398 e. The average molecular weight is 280 g/mol. The summed E-state index contributed by atoms with van der Waals surface area (Å²) in [5.74, 6) is -0.110. The van der Waals surface area contributed by atoms with Crippen molar-refractivity contribution >= 4 is 28.3 Å². The van der Waals surface area contributed by atoms with Crippen LogP contribution >= 0.6 is 0 Å². The fraction of sp³-hybridized carbons (Fsp3) is 0.125. The molecule has 0 spiro atoms. The number of carbonyl (C=O) groups is 1. The van der Waals surface area contributed by atoms with Crippen LogP contribution in [0, 0.1) is 6.92 Å². The summed E-state index contributed by atoms with van der Waals surface area (Å²) in [6, 6.07) is 13.2. The van der Waals surface area contributed by atoms with E-state index in [0.29, 0.717) is 11.4 Å². The van der Waals surface area contributed by atoms with Gasteiger partial charge in [-0.25, -0.2) is 4.98 Å². The summed E-state index contributed by atoms with van der Waals surface area (Å²) in [7, 11) is 0. The summed E-state index contributed by atoms with van der Waals surface area (Å²) in [4.78, 5) is 16.4. The van der Waals surface area contributed by atoms with Crippen LogP contribution in [-0.4, -0.2) is 15.5 Å². The van der Waals surface area contributed by atoms with Crippen LogP contribution in [0.1, 0.15) is 5.56 Å². The van der Waals surface area contributed by atoms with Crippen molar-refractivity contribution in [2.75, 3.05) is 11.1 Å². The van der Waals surface area contributed by atoms with Crippen molar-refractivity contribution in [1.29, 1.82) is 0 Å². The number of nitrogens with zero attached hydrogens (tertiary/aromatic N) is 2. The molecule has 0 fully saturated rings. The summed E-state index contributed by atoms with van der Waals surface area (Å²) < 4.78 is 1.82. The minimum atomic E-state index is -0.110. The molecule has 5 nitrogen and oxygen atoms in total. The Balaban J connectivity index is 1.75. The second-order valence-corrected chi connectivity index (χ2v) is 4.98. The molecule has 21 heavy (non-hydrogen) atoms. The van der Waals surface area contributed by atoms with Crippen LogP contribution in [-0.2, 0) is 11.3 Å². The Kier molecular flexibility index (Phi) is 3.31. The average Bonchev–Trinajstić information content (AvgIpc) is 2.86. The van der Waals surface area contributed by atoms with E-state index in [4.69, 9.17) is 5.73 Å². The molecule has 5 heteroatoms. The van der Waals surface area contributed by atoms with Gasteiger partial charge in [-0.3, -0.25) is 4.79 Å². The number of benzene rings is 2. The number of carbonyl (C=O) groups excluding carboxylic acids is 1. The molecular formula is C16H16N4O. The van der Waals surface area contributed by atoms with Crippen molar-refractivity contribution in [2.45, 2.75) is 13.5 Å². The number of amides is 1. The Morgan fingerprint density at radius 1 is 1.29 bits per heavy atom. The number of anilines is 2. The molecule has 2 aromatic carbocycles. The quantitative estimate of drug-likeness (QED) is 0.724. The number of nitrogens with two attached hydrogens (primary N) is 1. The van der Waals surface area contributed by atoms with E-state index < -0.39 is 0 Å². The fourth-order valence-electron chi connectivity index (χ4n) is 2.21. The van der Waals surface area contributed by atoms with Crippen molar-refractivity contribution in [3.05, 3.63) is 54.4 Å². The Morgan fingerprint density at radius 2 is 2.10 bits per heavy atom. The van der Waals surface area contributed by atoms with Gasteiger partial charge in [0.1, 0.15) is 6.54 Å². The minimum Gasteiger partial charge on any atom is -0.398 e. The predicted molar refractivity (Wildman–Crippen MR) is 84.0 cm³/mol. The standard InChI is InChI=1S/C16H16N4O/c1-11-6-7-12(8-13(11)17)19-16(21)9-20-10-18-14-4-2-3-5-15(14)20/h2-8,10H,9,17H2,1H3,(H,19,21). The number of para-hydroxylation sites is 2. The van der Waals surface area contributed by atoms with Crippen LogP contribution in [0.15, 0.2) is 48.8 Å². The van der Waals surface area contributed by atoms with E-state index in [1.807, 2.05) is 47.9 Å². The zero-order valence-corrected chi connectivity index (χ0v) is 11.7. The van der Waals surface area contributed by atoms with Crippen molar-refractivity contribution < 1.29 is 4.79 Å². The first kappa shape index (κ1) is 13.2. The lowest BCUT2D eigenvalue weighted by Crippen LogP contribution is -2.18. The van der Waals surface area contributed by atoms with Gasteiger partial charge in [-0.2, -0.15) is 0 Å². The van der Waals surface area contributed by atoms with Crippen LogP contribution in [0.5, 0.6) is 0 Å². The van der Waals surface area contributed by atoms with E-state index in [2.05, 4.69) is 10.3 Å². The molecule has 0 aliphatic heterocycles. The van der Waals surface area contributed by atoms with Gasteiger partial charge in [0.05, 0.1) is 17.4 Å². The summed E-state index contributed by atoms with van der Waals surface area (Å²) in [5, 5.41) is 2.85. The molecule has 106 valence electrons. The SMILES string of the molecule is Cc1ccc(NC(=O)Cn2cnc3ccccc32)cc1N. The first-order chi connectivity index (χ1) is 10.1. The highest BCUT2D eigenvalue weighted by molar-refractivity contribution is 5.92. The number of fused-ring (bicyclic) bond motifs is 1. The molecule has 3 N–H and O–H groups in total. The van der Waals surface area contributed by atoms with Crippen molar-refractivity contribution in [3.8, 4) is 0 Å². The van der Waals surface area contributed by atoms with E-state index in [0.717, 1.165) is 16.6 Å². The fourth-order valence-corrected chi connectivity index (χ4v) is 2.21. The normalized spacial score (nSPS) is 10.7. The van der Waals surface area contributed by atoms with Gasteiger partial charge < -0.3 is 15.6 Å². The highest BCUT2D eigenvalue weighted by atomic mass is 16.1. The lowest BCUT2D eigenvalue weighted by Gasteiger charge is -2.08. The summed E-state index contributed by atoms with van der Waals surface area (Å²) in [6.07, 6.45) is 1.67. The molecule has 3 rings (SSSR count). The number of rotatable bonds is 3. The molecule has 0 aliphatic rings. The molecule has 0 aliphatic carbocycles. The van der Waals surface area contributed by atoms with Crippen LogP contribution in [0.2, 0.25) is 0 Å². The summed E-state index contributed by atoms with van der Waals surface area (Å²) in [6.45, 7) is 2.15. The van der Waals surface area contributed by atoms with Gasteiger partial charge in [0.25, 0.3) is 0 Å². The van der Waals surface area contributed by atoms with Crippen molar-refractivity contribution in [1.82, 2.24) is 9.55 Å². The first-order valence-corrected chi connectivity index (χ1v) is 6.69. The van der Waals surface area contributed by atoms with E-state index >= 15 is 0 Å². The number of nitrogens with one attached hydrogen (secondary N) is 1. The van der Waals surface area contributed by atoms with Crippen LogP contribution in [0.3, 0.4) is 0 Å². The van der Waals surface area contributed by atoms with Gasteiger partial charge in [0.2, 0.25) is 5.91 Å². The number of imidazole rings is 1. The number of aromatic nitrogens is 2. The van der Waals surface area contributed by atoms with Gasteiger partial charge in [0.15, 0.2) is 0 Å². The van der Waals surface area contributed by atoms with Crippen LogP contribution in [0.4, 0.5) is 11.4 Å². The third kappa shape index (κ3) is 2.72.